The van der Waals surface area contributed by atoms with Crippen LogP contribution in [-0.4, -0.2) is 45.7 Å². The van der Waals surface area contributed by atoms with Gasteiger partial charge in [-0.1, -0.05) is 0 Å². The molecule has 0 saturated carbocycles. The van der Waals surface area contributed by atoms with Crippen molar-refractivity contribution in [2.24, 2.45) is 0 Å². The number of carboxylic acids is 1. The second-order valence-corrected chi connectivity index (χ2v) is 5.14. The molecule has 0 aliphatic rings. The number of hydrogen-bond donors (Lipinski definition) is 2. The Morgan fingerprint density at radius 3 is 2.60 bits per heavy atom. The van der Waals surface area contributed by atoms with Gasteiger partial charge in [0.2, 0.25) is 0 Å². The van der Waals surface area contributed by atoms with Crippen LogP contribution in [0.15, 0.2) is 12.4 Å². The van der Waals surface area contributed by atoms with Crippen molar-refractivity contribution in [3.63, 3.8) is 0 Å². The number of alkyl carbamates (subject to hydrolysis) is 1. The molecule has 1 atom stereocenters. The Balaban J connectivity index is 2.65. The summed E-state index contributed by atoms with van der Waals surface area (Å²) >= 11 is 0. The van der Waals surface area contributed by atoms with E-state index < -0.39 is 23.7 Å². The van der Waals surface area contributed by atoms with Gasteiger partial charge in [-0.25, -0.2) is 9.59 Å². The fraction of sp³-hybridized carbons (Fsp3) is 0.583. The van der Waals surface area contributed by atoms with Gasteiger partial charge in [0.1, 0.15) is 11.6 Å². The van der Waals surface area contributed by atoms with Gasteiger partial charge in [-0.15, -0.1) is 0 Å². The highest BCUT2D eigenvalue weighted by atomic mass is 16.6. The number of aromatic nitrogens is 2. The number of amides is 1. The van der Waals surface area contributed by atoms with Gasteiger partial charge in [0.15, 0.2) is 5.75 Å². The van der Waals surface area contributed by atoms with Crippen LogP contribution in [0, 0.1) is 0 Å². The van der Waals surface area contributed by atoms with Crippen molar-refractivity contribution >= 4 is 12.1 Å². The standard InChI is InChI=1S/C12H19N3O5/c1-12(2,3)20-11(18)14-9(10(16)17)7-15-6-8(19-4)5-13-15/h5-6,9H,7H2,1-4H3,(H,14,18)(H,16,17). The first-order valence-electron chi connectivity index (χ1n) is 6.00. The molecule has 0 bridgehead atoms. The molecule has 0 spiro atoms. The van der Waals surface area contributed by atoms with Gasteiger partial charge in [-0.3, -0.25) is 4.68 Å². The number of nitrogens with one attached hydrogen (secondary N) is 1. The summed E-state index contributed by atoms with van der Waals surface area (Å²) in [4.78, 5) is 22.7. The van der Waals surface area contributed by atoms with Gasteiger partial charge in [-0.2, -0.15) is 5.10 Å². The first kappa shape index (κ1) is 15.8. The lowest BCUT2D eigenvalue weighted by atomic mass is 10.2. The molecule has 1 amide bonds. The third-order valence-corrected chi connectivity index (χ3v) is 2.20. The van der Waals surface area contributed by atoms with Gasteiger partial charge in [0.05, 0.1) is 26.0 Å². The number of methoxy groups -OCH3 is 1. The summed E-state index contributed by atoms with van der Waals surface area (Å²) in [6.07, 6.45) is 2.20. The number of nitrogens with zero attached hydrogens (tertiary/aromatic N) is 2. The minimum Gasteiger partial charge on any atom is -0.493 e. The average Bonchev–Trinajstić information content (AvgIpc) is 2.73. The van der Waals surface area contributed by atoms with Crippen molar-refractivity contribution < 1.29 is 24.2 Å². The Morgan fingerprint density at radius 2 is 2.15 bits per heavy atom. The smallest absolute Gasteiger partial charge is 0.408 e. The summed E-state index contributed by atoms with van der Waals surface area (Å²) in [6.45, 7) is 5.06. The molecule has 1 rings (SSSR count). The van der Waals surface area contributed by atoms with Gasteiger partial charge in [0, 0.05) is 0 Å². The van der Waals surface area contributed by atoms with Gasteiger partial charge in [-0.05, 0) is 20.8 Å². The summed E-state index contributed by atoms with van der Waals surface area (Å²) in [7, 11) is 1.48. The zero-order valence-corrected chi connectivity index (χ0v) is 11.9. The average molecular weight is 285 g/mol. The van der Waals surface area contributed by atoms with Crippen LogP contribution in [0.5, 0.6) is 5.75 Å². The van der Waals surface area contributed by atoms with Crippen LogP contribution >= 0.6 is 0 Å². The van der Waals surface area contributed by atoms with Crippen LogP contribution in [0.3, 0.4) is 0 Å². The normalized spacial score (nSPS) is 12.6. The highest BCUT2D eigenvalue weighted by Crippen LogP contribution is 2.09. The quantitative estimate of drug-likeness (QED) is 0.832. The molecule has 112 valence electrons. The predicted molar refractivity (Wildman–Crippen MR) is 69.6 cm³/mol. The number of carboxylic acid groups (broad SMARTS) is 1. The second kappa shape index (κ2) is 6.27. The Morgan fingerprint density at radius 1 is 1.50 bits per heavy atom. The summed E-state index contributed by atoms with van der Waals surface area (Å²) in [5.74, 6) is -0.670. The van der Waals surface area contributed by atoms with Crippen LogP contribution in [0.2, 0.25) is 0 Å². The molecule has 1 heterocycles. The van der Waals surface area contributed by atoms with E-state index in [4.69, 9.17) is 14.6 Å². The third kappa shape index (κ3) is 5.17. The molecule has 0 fully saturated rings. The molecule has 1 aromatic heterocycles. The lowest BCUT2D eigenvalue weighted by Gasteiger charge is -2.21. The first-order valence-corrected chi connectivity index (χ1v) is 6.00. The monoisotopic (exact) mass is 285 g/mol. The fourth-order valence-corrected chi connectivity index (χ4v) is 1.37. The molecular formula is C12H19N3O5. The third-order valence-electron chi connectivity index (χ3n) is 2.20. The summed E-state index contributed by atoms with van der Waals surface area (Å²) in [5.41, 5.74) is -0.692. The molecule has 0 saturated heterocycles. The van der Waals surface area contributed by atoms with Gasteiger partial charge < -0.3 is 19.9 Å². The zero-order chi connectivity index (χ0) is 15.3. The van der Waals surface area contributed by atoms with Crippen LogP contribution < -0.4 is 10.1 Å². The molecule has 1 aromatic rings. The summed E-state index contributed by atoms with van der Waals surface area (Å²) in [6, 6.07) is -1.14. The minimum absolute atomic E-state index is 0.0298. The van der Waals surface area contributed by atoms with E-state index in [9.17, 15) is 9.59 Å². The Bertz CT molecular complexity index is 478. The van der Waals surface area contributed by atoms with E-state index in [0.717, 1.165) is 0 Å². The number of rotatable bonds is 5. The molecule has 1 unspecified atom stereocenters. The Labute approximate surface area is 116 Å². The molecule has 2 N–H and O–H groups in total. The van der Waals surface area contributed by atoms with E-state index in [2.05, 4.69) is 10.4 Å². The van der Waals surface area contributed by atoms with Crippen molar-refractivity contribution in [2.45, 2.75) is 39.0 Å². The maximum absolute atomic E-state index is 11.6. The fourth-order valence-electron chi connectivity index (χ4n) is 1.37. The number of hydrogen-bond acceptors (Lipinski definition) is 5. The second-order valence-electron chi connectivity index (χ2n) is 5.14. The first-order chi connectivity index (χ1) is 9.21. The van der Waals surface area contributed by atoms with E-state index in [1.807, 2.05) is 0 Å². The molecule has 8 heteroatoms. The van der Waals surface area contributed by atoms with Crippen LogP contribution in [0.1, 0.15) is 20.8 Å². The van der Waals surface area contributed by atoms with E-state index in [1.165, 1.54) is 24.2 Å². The lowest BCUT2D eigenvalue weighted by molar-refractivity contribution is -0.139. The molecule has 20 heavy (non-hydrogen) atoms. The van der Waals surface area contributed by atoms with Crippen LogP contribution in [0.4, 0.5) is 4.79 Å². The SMILES string of the molecule is COc1cnn(CC(NC(=O)OC(C)(C)C)C(=O)O)c1. The summed E-state index contributed by atoms with van der Waals surface area (Å²) in [5, 5.41) is 15.3. The number of carbonyl (C=O) groups is 2. The van der Waals surface area contributed by atoms with Gasteiger partial charge >= 0.3 is 12.1 Å². The van der Waals surface area contributed by atoms with Crippen LogP contribution in [0.25, 0.3) is 0 Å². The largest absolute Gasteiger partial charge is 0.493 e. The van der Waals surface area contributed by atoms with E-state index in [0.29, 0.717) is 5.75 Å². The number of ether oxygens (including phenoxy) is 2. The van der Waals surface area contributed by atoms with Crippen molar-refractivity contribution in [3.8, 4) is 5.75 Å². The maximum Gasteiger partial charge on any atom is 0.408 e. The Kier molecular flexibility index (Phi) is 4.95. The number of carbonyl (C=O) groups excluding carboxylic acids is 1. The van der Waals surface area contributed by atoms with Gasteiger partial charge in [0.25, 0.3) is 0 Å². The maximum atomic E-state index is 11.6. The molecule has 8 nitrogen and oxygen atoms in total. The van der Waals surface area contributed by atoms with Crippen molar-refractivity contribution in [3.05, 3.63) is 12.4 Å². The summed E-state index contributed by atoms with van der Waals surface area (Å²) < 4.78 is 11.3. The number of aliphatic carboxylic acids is 1. The zero-order valence-electron chi connectivity index (χ0n) is 11.9. The topological polar surface area (TPSA) is 103 Å². The van der Waals surface area contributed by atoms with E-state index in [1.54, 1.807) is 20.8 Å². The molecule has 0 aromatic carbocycles. The van der Waals surface area contributed by atoms with Crippen molar-refractivity contribution in [1.82, 2.24) is 15.1 Å². The van der Waals surface area contributed by atoms with E-state index in [-0.39, 0.29) is 6.54 Å². The molecule has 0 aliphatic carbocycles. The predicted octanol–water partition coefficient (Wildman–Crippen LogP) is 0.870. The lowest BCUT2D eigenvalue weighted by Crippen LogP contribution is -2.45. The molecule has 0 aliphatic heterocycles. The van der Waals surface area contributed by atoms with Crippen LogP contribution in [-0.2, 0) is 16.1 Å². The van der Waals surface area contributed by atoms with Crippen molar-refractivity contribution in [2.75, 3.05) is 7.11 Å². The highest BCUT2D eigenvalue weighted by molar-refractivity contribution is 5.79. The molecular weight excluding hydrogens is 266 g/mol. The Hall–Kier alpha value is -2.25. The van der Waals surface area contributed by atoms with Crippen molar-refractivity contribution in [1.29, 1.82) is 0 Å². The highest BCUT2D eigenvalue weighted by Gasteiger charge is 2.24. The molecule has 0 radical (unpaired) electrons. The minimum atomic E-state index is -1.18. The van der Waals surface area contributed by atoms with E-state index >= 15 is 0 Å².